The van der Waals surface area contributed by atoms with Crippen LogP contribution in [0.25, 0.3) is 0 Å². The van der Waals surface area contributed by atoms with Gasteiger partial charge in [-0.05, 0) is 32.0 Å². The van der Waals surface area contributed by atoms with Gasteiger partial charge in [-0.2, -0.15) is 0 Å². The Morgan fingerprint density at radius 1 is 1.47 bits per heavy atom. The molecule has 100 valence electrons. The van der Waals surface area contributed by atoms with Crippen molar-refractivity contribution < 1.29 is 4.79 Å². The topological polar surface area (TPSA) is 80.0 Å². The molecular formula is C13H16N4OS. The van der Waals surface area contributed by atoms with E-state index in [4.69, 9.17) is 5.73 Å². The molecule has 0 aliphatic heterocycles. The number of benzene rings is 1. The third-order valence-corrected chi connectivity index (χ3v) is 3.60. The number of nitrogens with one attached hydrogen (secondary N) is 2. The lowest BCUT2D eigenvalue weighted by molar-refractivity contribution is 0.249. The summed E-state index contributed by atoms with van der Waals surface area (Å²) in [6.07, 6.45) is 1.80. The Morgan fingerprint density at radius 3 is 2.89 bits per heavy atom. The number of hydrogen-bond donors (Lipinski definition) is 3. The second-order valence-electron chi connectivity index (χ2n) is 4.25. The molecule has 4 N–H and O–H groups in total. The minimum absolute atomic E-state index is 0.125. The fraction of sp³-hybridized carbons (Fsp3) is 0.231. The SMILES string of the molecule is Cc1cnc(C(C)NC(=O)Nc2cccc(N)c2)s1. The van der Waals surface area contributed by atoms with Gasteiger partial charge in [0, 0.05) is 22.4 Å². The predicted molar refractivity (Wildman–Crippen MR) is 78.3 cm³/mol. The summed E-state index contributed by atoms with van der Waals surface area (Å²) in [6.45, 7) is 3.89. The zero-order valence-electron chi connectivity index (χ0n) is 10.8. The molecule has 1 heterocycles. The molecule has 2 amide bonds. The van der Waals surface area contributed by atoms with Crippen LogP contribution in [0.4, 0.5) is 16.2 Å². The third-order valence-electron chi connectivity index (χ3n) is 2.50. The number of urea groups is 1. The number of carbonyl (C=O) groups is 1. The van der Waals surface area contributed by atoms with Crippen molar-refractivity contribution in [2.75, 3.05) is 11.1 Å². The lowest BCUT2D eigenvalue weighted by Crippen LogP contribution is -2.31. The summed E-state index contributed by atoms with van der Waals surface area (Å²) >= 11 is 1.57. The highest BCUT2D eigenvalue weighted by Gasteiger charge is 2.12. The van der Waals surface area contributed by atoms with Gasteiger partial charge in [0.25, 0.3) is 0 Å². The molecule has 1 aromatic heterocycles. The summed E-state index contributed by atoms with van der Waals surface area (Å²) < 4.78 is 0. The fourth-order valence-corrected chi connectivity index (χ4v) is 2.39. The Balaban J connectivity index is 1.94. The van der Waals surface area contributed by atoms with Crippen molar-refractivity contribution in [3.8, 4) is 0 Å². The highest BCUT2D eigenvalue weighted by Crippen LogP contribution is 2.19. The number of hydrogen-bond acceptors (Lipinski definition) is 4. The van der Waals surface area contributed by atoms with Gasteiger partial charge in [-0.3, -0.25) is 0 Å². The van der Waals surface area contributed by atoms with Crippen LogP contribution in [0.1, 0.15) is 22.9 Å². The number of nitrogens with two attached hydrogens (primary N) is 1. The first-order valence-corrected chi connectivity index (χ1v) is 6.71. The first kappa shape index (κ1) is 13.4. The summed E-state index contributed by atoms with van der Waals surface area (Å²) in [5.74, 6) is 0. The largest absolute Gasteiger partial charge is 0.399 e. The van der Waals surface area contributed by atoms with Crippen LogP contribution in [0, 0.1) is 6.92 Å². The number of thiazole rings is 1. The van der Waals surface area contributed by atoms with Crippen LogP contribution in [-0.2, 0) is 0 Å². The van der Waals surface area contributed by atoms with Crippen LogP contribution >= 0.6 is 11.3 Å². The Morgan fingerprint density at radius 2 is 2.26 bits per heavy atom. The van der Waals surface area contributed by atoms with Gasteiger partial charge in [0.1, 0.15) is 5.01 Å². The van der Waals surface area contributed by atoms with Crippen LogP contribution in [0.2, 0.25) is 0 Å². The Kier molecular flexibility index (Phi) is 4.01. The number of rotatable bonds is 3. The molecule has 2 aromatic rings. The van der Waals surface area contributed by atoms with E-state index >= 15 is 0 Å². The molecule has 19 heavy (non-hydrogen) atoms. The van der Waals surface area contributed by atoms with Gasteiger partial charge in [0.2, 0.25) is 0 Å². The maximum absolute atomic E-state index is 11.8. The van der Waals surface area contributed by atoms with Gasteiger partial charge >= 0.3 is 6.03 Å². The van der Waals surface area contributed by atoms with Gasteiger partial charge in [-0.1, -0.05) is 6.07 Å². The summed E-state index contributed by atoms with van der Waals surface area (Å²) in [6, 6.07) is 6.65. The molecule has 0 aliphatic rings. The minimum Gasteiger partial charge on any atom is -0.399 e. The van der Waals surface area contributed by atoms with E-state index in [1.807, 2.05) is 13.8 Å². The van der Waals surface area contributed by atoms with E-state index in [0.29, 0.717) is 11.4 Å². The Labute approximate surface area is 115 Å². The van der Waals surface area contributed by atoms with Crippen LogP contribution in [0.3, 0.4) is 0 Å². The van der Waals surface area contributed by atoms with Gasteiger partial charge < -0.3 is 16.4 Å². The van der Waals surface area contributed by atoms with E-state index < -0.39 is 0 Å². The quantitative estimate of drug-likeness (QED) is 0.754. The second kappa shape index (κ2) is 5.71. The lowest BCUT2D eigenvalue weighted by Gasteiger charge is -2.12. The van der Waals surface area contributed by atoms with Crippen LogP contribution in [0.5, 0.6) is 0 Å². The molecule has 6 heteroatoms. The molecule has 1 unspecified atom stereocenters. The fourth-order valence-electron chi connectivity index (χ4n) is 1.61. The smallest absolute Gasteiger partial charge is 0.319 e. The monoisotopic (exact) mass is 276 g/mol. The molecule has 0 spiro atoms. The molecule has 2 rings (SSSR count). The van der Waals surface area contributed by atoms with Gasteiger partial charge in [-0.25, -0.2) is 9.78 Å². The summed E-state index contributed by atoms with van der Waals surface area (Å²) in [5, 5.41) is 6.46. The summed E-state index contributed by atoms with van der Waals surface area (Å²) in [4.78, 5) is 17.2. The molecule has 1 atom stereocenters. The zero-order valence-corrected chi connectivity index (χ0v) is 11.6. The van der Waals surface area contributed by atoms with Crippen LogP contribution in [0.15, 0.2) is 30.5 Å². The first-order valence-electron chi connectivity index (χ1n) is 5.90. The number of nitrogens with zero attached hydrogens (tertiary/aromatic N) is 1. The second-order valence-corrected chi connectivity index (χ2v) is 5.52. The molecule has 0 bridgehead atoms. The van der Waals surface area contributed by atoms with E-state index in [-0.39, 0.29) is 12.1 Å². The number of anilines is 2. The van der Waals surface area contributed by atoms with Crippen molar-refractivity contribution in [3.05, 3.63) is 40.3 Å². The van der Waals surface area contributed by atoms with E-state index in [2.05, 4.69) is 15.6 Å². The number of aromatic nitrogens is 1. The van der Waals surface area contributed by atoms with Gasteiger partial charge in [-0.15, -0.1) is 11.3 Å². The average Bonchev–Trinajstić information content (AvgIpc) is 2.75. The van der Waals surface area contributed by atoms with Crippen molar-refractivity contribution in [1.29, 1.82) is 0 Å². The molecule has 0 fully saturated rings. The molecule has 0 radical (unpaired) electrons. The van der Waals surface area contributed by atoms with E-state index in [1.54, 1.807) is 41.8 Å². The Hall–Kier alpha value is -2.08. The highest BCUT2D eigenvalue weighted by atomic mass is 32.1. The predicted octanol–water partition coefficient (Wildman–Crippen LogP) is 2.92. The van der Waals surface area contributed by atoms with Crippen LogP contribution in [-0.4, -0.2) is 11.0 Å². The molecule has 0 saturated heterocycles. The number of amides is 2. The lowest BCUT2D eigenvalue weighted by atomic mass is 10.3. The zero-order chi connectivity index (χ0) is 13.8. The van der Waals surface area contributed by atoms with Crippen molar-refractivity contribution in [1.82, 2.24) is 10.3 Å². The van der Waals surface area contributed by atoms with E-state index in [0.717, 1.165) is 9.88 Å². The summed E-state index contributed by atoms with van der Waals surface area (Å²) in [7, 11) is 0. The molecular weight excluding hydrogens is 260 g/mol. The third kappa shape index (κ3) is 3.69. The highest BCUT2D eigenvalue weighted by molar-refractivity contribution is 7.11. The number of carbonyl (C=O) groups excluding carboxylic acids is 1. The van der Waals surface area contributed by atoms with Crippen molar-refractivity contribution in [2.24, 2.45) is 0 Å². The first-order chi connectivity index (χ1) is 9.04. The van der Waals surface area contributed by atoms with Crippen LogP contribution < -0.4 is 16.4 Å². The van der Waals surface area contributed by atoms with Crippen molar-refractivity contribution >= 4 is 28.7 Å². The maximum Gasteiger partial charge on any atom is 0.319 e. The maximum atomic E-state index is 11.8. The van der Waals surface area contributed by atoms with E-state index in [9.17, 15) is 4.79 Å². The molecule has 0 aliphatic carbocycles. The van der Waals surface area contributed by atoms with Crippen molar-refractivity contribution in [2.45, 2.75) is 19.9 Å². The minimum atomic E-state index is -0.272. The van der Waals surface area contributed by atoms with Crippen molar-refractivity contribution in [3.63, 3.8) is 0 Å². The number of nitrogen functional groups attached to an aromatic ring is 1. The summed E-state index contributed by atoms with van der Waals surface area (Å²) in [5.41, 5.74) is 6.93. The molecule has 5 nitrogen and oxygen atoms in total. The molecule has 0 saturated carbocycles. The van der Waals surface area contributed by atoms with E-state index in [1.165, 1.54) is 0 Å². The average molecular weight is 276 g/mol. The van der Waals surface area contributed by atoms with Gasteiger partial charge in [0.05, 0.1) is 6.04 Å². The molecule has 1 aromatic carbocycles. The van der Waals surface area contributed by atoms with Gasteiger partial charge in [0.15, 0.2) is 0 Å². The Bertz CT molecular complexity index is 582. The standard InChI is InChI=1S/C13H16N4OS/c1-8-7-15-12(19-8)9(2)16-13(18)17-11-5-3-4-10(14)6-11/h3-7,9H,14H2,1-2H3,(H2,16,17,18). The normalized spacial score (nSPS) is 11.9. The number of aryl methyl sites for hydroxylation is 1.